The lowest BCUT2D eigenvalue weighted by Gasteiger charge is -2.52. The van der Waals surface area contributed by atoms with Crippen molar-refractivity contribution in [3.05, 3.63) is 0 Å². The van der Waals surface area contributed by atoms with Crippen LogP contribution in [0.5, 0.6) is 0 Å². The fraction of sp³-hybridized carbons (Fsp3) is 0.923. The lowest BCUT2D eigenvalue weighted by molar-refractivity contribution is -0.281. The number of aldehydes is 1. The summed E-state index contributed by atoms with van der Waals surface area (Å²) >= 11 is 0. The molecule has 0 aromatic heterocycles. The van der Waals surface area contributed by atoms with E-state index in [0.29, 0.717) is 6.04 Å². The van der Waals surface area contributed by atoms with E-state index in [9.17, 15) is 9.59 Å². The number of nitrogens with zero attached hydrogens (tertiary/aromatic N) is 3. The molecule has 0 aromatic rings. The summed E-state index contributed by atoms with van der Waals surface area (Å²) in [5.41, 5.74) is -0.577. The monoisotopic (exact) mass is 463 g/mol. The molecule has 188 valence electrons. The fourth-order valence-electron chi connectivity index (χ4n) is 6.25. The highest BCUT2D eigenvalue weighted by molar-refractivity contribution is 5.79. The summed E-state index contributed by atoms with van der Waals surface area (Å²) in [6, 6.07) is 0.703. The second-order valence-corrected chi connectivity index (χ2v) is 11.6. The van der Waals surface area contributed by atoms with E-state index in [1.807, 2.05) is 20.8 Å². The Bertz CT molecular complexity index is 653. The molecule has 2 aliphatic carbocycles. The smallest absolute Gasteiger partial charge is 0.371 e. The number of ether oxygens (including phenoxy) is 2. The Morgan fingerprint density at radius 2 is 1.36 bits per heavy atom. The Morgan fingerprint density at radius 1 is 0.788 bits per heavy atom. The molecule has 1 atom stereocenters. The van der Waals surface area contributed by atoms with E-state index in [0.717, 1.165) is 84.1 Å². The maximum atomic E-state index is 14.0. The van der Waals surface area contributed by atoms with Crippen LogP contribution in [0.1, 0.15) is 85.0 Å². The SMILES string of the molecule is CC(C)(C)OC(=O)C(OC1CCC(C=O)CC1)(N1CCCC1)N1CCN(C2CCCC2)CC1. The zero-order valence-electron chi connectivity index (χ0n) is 21.1. The van der Waals surface area contributed by atoms with Crippen molar-refractivity contribution in [3.8, 4) is 0 Å². The molecule has 2 saturated heterocycles. The van der Waals surface area contributed by atoms with E-state index < -0.39 is 11.4 Å². The highest BCUT2D eigenvalue weighted by atomic mass is 16.6. The molecule has 4 rings (SSSR count). The van der Waals surface area contributed by atoms with Gasteiger partial charge in [0.2, 0.25) is 0 Å². The van der Waals surface area contributed by atoms with Crippen LogP contribution in [-0.4, -0.2) is 89.8 Å². The van der Waals surface area contributed by atoms with Crippen molar-refractivity contribution in [1.82, 2.24) is 14.7 Å². The first kappa shape index (κ1) is 25.1. The van der Waals surface area contributed by atoms with Crippen molar-refractivity contribution in [1.29, 1.82) is 0 Å². The van der Waals surface area contributed by atoms with Gasteiger partial charge in [-0.1, -0.05) is 12.8 Å². The predicted molar refractivity (Wildman–Crippen MR) is 128 cm³/mol. The van der Waals surface area contributed by atoms with Gasteiger partial charge in [-0.3, -0.25) is 14.7 Å². The van der Waals surface area contributed by atoms with Crippen LogP contribution in [0.15, 0.2) is 0 Å². The highest BCUT2D eigenvalue weighted by Crippen LogP contribution is 2.37. The first-order valence-electron chi connectivity index (χ1n) is 13.4. The minimum Gasteiger partial charge on any atom is -0.456 e. The Hall–Kier alpha value is -1.02. The minimum atomic E-state index is -1.16. The number of likely N-dealkylation sites (tertiary alicyclic amines) is 1. The molecule has 4 aliphatic rings. The molecule has 7 nitrogen and oxygen atoms in total. The first-order valence-corrected chi connectivity index (χ1v) is 13.4. The van der Waals surface area contributed by atoms with Gasteiger partial charge in [0, 0.05) is 51.2 Å². The van der Waals surface area contributed by atoms with Crippen molar-refractivity contribution < 1.29 is 19.1 Å². The van der Waals surface area contributed by atoms with Gasteiger partial charge in [-0.2, -0.15) is 0 Å². The number of hydrogen-bond donors (Lipinski definition) is 0. The molecular weight excluding hydrogens is 418 g/mol. The molecule has 0 bridgehead atoms. The predicted octanol–water partition coefficient (Wildman–Crippen LogP) is 3.41. The third-order valence-corrected chi connectivity index (χ3v) is 8.03. The zero-order valence-corrected chi connectivity index (χ0v) is 21.1. The van der Waals surface area contributed by atoms with Gasteiger partial charge >= 0.3 is 5.97 Å². The summed E-state index contributed by atoms with van der Waals surface area (Å²) in [7, 11) is 0. The molecule has 7 heteroatoms. The molecule has 4 fully saturated rings. The number of esters is 1. The number of hydrogen-bond acceptors (Lipinski definition) is 7. The van der Waals surface area contributed by atoms with Crippen molar-refractivity contribution in [3.63, 3.8) is 0 Å². The van der Waals surface area contributed by atoms with Gasteiger partial charge < -0.3 is 14.3 Å². The second-order valence-electron chi connectivity index (χ2n) is 11.6. The molecule has 1 unspecified atom stereocenters. The average molecular weight is 464 g/mol. The van der Waals surface area contributed by atoms with E-state index in [2.05, 4.69) is 14.7 Å². The van der Waals surface area contributed by atoms with Gasteiger partial charge in [0.05, 0.1) is 6.10 Å². The van der Waals surface area contributed by atoms with E-state index >= 15 is 0 Å². The van der Waals surface area contributed by atoms with Gasteiger partial charge in [0.25, 0.3) is 5.85 Å². The molecular formula is C26H45N3O4. The van der Waals surface area contributed by atoms with Gasteiger partial charge in [0.15, 0.2) is 0 Å². The molecule has 0 spiro atoms. The van der Waals surface area contributed by atoms with Crippen molar-refractivity contribution in [2.24, 2.45) is 5.92 Å². The summed E-state index contributed by atoms with van der Waals surface area (Å²) in [6.07, 6.45) is 11.8. The molecule has 0 radical (unpaired) electrons. The Balaban J connectivity index is 1.57. The van der Waals surface area contributed by atoms with Crippen LogP contribution in [0.3, 0.4) is 0 Å². The standard InChI is InChI=1S/C26H45N3O4/c1-25(2,3)33-24(31)26(28-14-6-7-15-28,32-23-12-10-21(20-30)11-13-23)29-18-16-27(17-19-29)22-8-4-5-9-22/h20-23H,4-19H2,1-3H3. The van der Waals surface area contributed by atoms with Crippen LogP contribution < -0.4 is 0 Å². The van der Waals surface area contributed by atoms with Gasteiger partial charge in [-0.15, -0.1) is 0 Å². The second kappa shape index (κ2) is 10.7. The fourth-order valence-corrected chi connectivity index (χ4v) is 6.25. The van der Waals surface area contributed by atoms with E-state index in [1.54, 1.807) is 0 Å². The Labute approximate surface area is 200 Å². The minimum absolute atomic E-state index is 0.0258. The van der Waals surface area contributed by atoms with Crippen molar-refractivity contribution >= 4 is 12.3 Å². The number of piperazine rings is 1. The van der Waals surface area contributed by atoms with Crippen LogP contribution in [0.2, 0.25) is 0 Å². The van der Waals surface area contributed by atoms with E-state index in [1.165, 1.54) is 25.7 Å². The maximum Gasteiger partial charge on any atom is 0.371 e. The van der Waals surface area contributed by atoms with Gasteiger partial charge in [-0.25, -0.2) is 4.79 Å². The third kappa shape index (κ3) is 5.80. The summed E-state index contributed by atoms with van der Waals surface area (Å²) in [5.74, 6) is -1.30. The van der Waals surface area contributed by atoms with E-state index in [4.69, 9.17) is 9.47 Å². The number of carbonyl (C=O) groups excluding carboxylic acids is 2. The van der Waals surface area contributed by atoms with Crippen molar-refractivity contribution in [2.45, 2.75) is 109 Å². The maximum absolute atomic E-state index is 14.0. The molecule has 33 heavy (non-hydrogen) atoms. The Kier molecular flexibility index (Phi) is 8.14. The quantitative estimate of drug-likeness (QED) is 0.423. The topological polar surface area (TPSA) is 62.3 Å². The normalized spacial score (nSPS) is 30.9. The lowest BCUT2D eigenvalue weighted by atomic mass is 9.88. The van der Waals surface area contributed by atoms with Crippen LogP contribution in [0.4, 0.5) is 0 Å². The van der Waals surface area contributed by atoms with Crippen molar-refractivity contribution in [2.75, 3.05) is 39.3 Å². The summed E-state index contributed by atoms with van der Waals surface area (Å²) in [4.78, 5) is 32.4. The first-order chi connectivity index (χ1) is 15.8. The van der Waals surface area contributed by atoms with Crippen LogP contribution >= 0.6 is 0 Å². The largest absolute Gasteiger partial charge is 0.456 e. The molecule has 2 aliphatic heterocycles. The summed E-state index contributed by atoms with van der Waals surface area (Å²) < 4.78 is 13.0. The molecule has 0 aromatic carbocycles. The van der Waals surface area contributed by atoms with Crippen LogP contribution in [0, 0.1) is 5.92 Å². The summed E-state index contributed by atoms with van der Waals surface area (Å²) in [5, 5.41) is 0. The lowest BCUT2D eigenvalue weighted by Crippen LogP contribution is -2.71. The summed E-state index contributed by atoms with van der Waals surface area (Å²) in [6.45, 7) is 11.1. The molecule has 0 N–H and O–H groups in total. The Morgan fingerprint density at radius 3 is 1.91 bits per heavy atom. The van der Waals surface area contributed by atoms with Gasteiger partial charge in [-0.05, 0) is 72.1 Å². The molecule has 2 saturated carbocycles. The zero-order chi connectivity index (χ0) is 23.5. The third-order valence-electron chi connectivity index (χ3n) is 8.03. The average Bonchev–Trinajstić information content (AvgIpc) is 3.52. The molecule has 2 heterocycles. The van der Waals surface area contributed by atoms with Crippen LogP contribution in [-0.2, 0) is 19.1 Å². The molecule has 0 amide bonds. The van der Waals surface area contributed by atoms with Crippen LogP contribution in [0.25, 0.3) is 0 Å². The van der Waals surface area contributed by atoms with Gasteiger partial charge in [0.1, 0.15) is 11.9 Å². The van der Waals surface area contributed by atoms with E-state index in [-0.39, 0.29) is 18.0 Å². The number of rotatable bonds is 7. The highest BCUT2D eigenvalue weighted by Gasteiger charge is 2.55. The number of carbonyl (C=O) groups is 2.